The first kappa shape index (κ1) is 29.7. The van der Waals surface area contributed by atoms with Gasteiger partial charge in [0, 0.05) is 17.8 Å². The van der Waals surface area contributed by atoms with Crippen molar-refractivity contribution in [2.24, 2.45) is 4.99 Å². The quantitative estimate of drug-likeness (QED) is 0.124. The van der Waals surface area contributed by atoms with Crippen LogP contribution in [0.4, 0.5) is 10.1 Å². The van der Waals surface area contributed by atoms with Crippen molar-refractivity contribution in [1.82, 2.24) is 4.57 Å². The van der Waals surface area contributed by atoms with Crippen LogP contribution in [-0.2, 0) is 11.3 Å². The zero-order valence-corrected chi connectivity index (χ0v) is 23.2. The lowest BCUT2D eigenvalue weighted by Crippen LogP contribution is -2.22. The first-order valence-corrected chi connectivity index (χ1v) is 13.6. The Morgan fingerprint density at radius 1 is 0.927 bits per heavy atom. The number of ether oxygens (including phenoxy) is 1. The van der Waals surface area contributed by atoms with E-state index in [1.807, 2.05) is 60.7 Å². The number of carboxylic acid groups (broad SMARTS) is 1. The molecule has 0 saturated carbocycles. The second-order valence-electron chi connectivity index (χ2n) is 10.2. The van der Waals surface area contributed by atoms with Crippen molar-refractivity contribution in [2.45, 2.75) is 57.8 Å². The number of aliphatic imine (C=N–C) groups is 1. The molecule has 3 aromatic carbocycles. The van der Waals surface area contributed by atoms with E-state index in [1.54, 1.807) is 12.1 Å². The molecule has 8 heteroatoms. The Morgan fingerprint density at radius 3 is 2.17 bits per heavy atom. The van der Waals surface area contributed by atoms with Crippen LogP contribution in [0.3, 0.4) is 0 Å². The van der Waals surface area contributed by atoms with Crippen LogP contribution in [-0.4, -0.2) is 44.5 Å². The van der Waals surface area contributed by atoms with Crippen molar-refractivity contribution in [3.05, 3.63) is 96.4 Å². The molecule has 0 radical (unpaired) electrons. The van der Waals surface area contributed by atoms with Crippen LogP contribution in [0.1, 0.15) is 44.7 Å². The third-order valence-electron chi connectivity index (χ3n) is 6.76. The summed E-state index contributed by atoms with van der Waals surface area (Å²) in [6.45, 7) is 4.47. The Kier molecular flexibility index (Phi) is 10.1. The zero-order chi connectivity index (χ0) is 29.4. The summed E-state index contributed by atoms with van der Waals surface area (Å²) < 4.78 is 21.9. The molecule has 7 nitrogen and oxygen atoms in total. The summed E-state index contributed by atoms with van der Waals surface area (Å²) in [6, 6.07) is 25.4. The molecule has 4 rings (SSSR count). The van der Waals surface area contributed by atoms with Crippen molar-refractivity contribution >= 4 is 18.1 Å². The number of benzene rings is 3. The van der Waals surface area contributed by atoms with Crippen molar-refractivity contribution in [2.75, 3.05) is 0 Å². The fraction of sp³-hybridized carbons (Fsp3) is 0.273. The van der Waals surface area contributed by atoms with Gasteiger partial charge in [-0.05, 0) is 66.3 Å². The predicted molar refractivity (Wildman–Crippen MR) is 158 cm³/mol. The summed E-state index contributed by atoms with van der Waals surface area (Å²) in [6.07, 6.45) is -0.893. The number of aliphatic hydroxyl groups excluding tert-OH is 2. The minimum absolute atomic E-state index is 0.00489. The normalized spacial score (nSPS) is 13.0. The largest absolute Gasteiger partial charge is 0.481 e. The Morgan fingerprint density at radius 2 is 1.56 bits per heavy atom. The maximum absolute atomic E-state index is 14.0. The van der Waals surface area contributed by atoms with Crippen LogP contribution in [0.15, 0.2) is 89.9 Å². The van der Waals surface area contributed by atoms with Gasteiger partial charge >= 0.3 is 5.97 Å². The van der Waals surface area contributed by atoms with Gasteiger partial charge in [0.2, 0.25) is 0 Å². The van der Waals surface area contributed by atoms with Crippen molar-refractivity contribution < 1.29 is 29.2 Å². The van der Waals surface area contributed by atoms with Crippen molar-refractivity contribution in [1.29, 1.82) is 0 Å². The molecular weight excluding hydrogens is 523 g/mol. The van der Waals surface area contributed by atoms with Crippen LogP contribution in [0, 0.1) is 5.82 Å². The number of nitrogens with zero attached hydrogens (tertiary/aromatic N) is 2. The number of carbonyl (C=O) groups is 1. The smallest absolute Gasteiger partial charge is 0.305 e. The summed E-state index contributed by atoms with van der Waals surface area (Å²) in [7, 11) is 0. The first-order valence-electron chi connectivity index (χ1n) is 13.6. The summed E-state index contributed by atoms with van der Waals surface area (Å²) >= 11 is 0. The van der Waals surface area contributed by atoms with E-state index >= 15 is 0 Å². The molecular formula is C33H35FN2O5. The SMILES string of the molecule is CC(C)c1c(/N=C\Oc2ccccc2)c(-c2ccccc2)c(-c2ccc(F)cc2)n1CC[C@@H](O)C[C@@H](O)CC(=O)O. The van der Waals surface area contributed by atoms with Crippen LogP contribution in [0.5, 0.6) is 5.75 Å². The van der Waals surface area contributed by atoms with Gasteiger partial charge in [0.25, 0.3) is 0 Å². The van der Waals surface area contributed by atoms with Gasteiger partial charge in [-0.2, -0.15) is 0 Å². The topological polar surface area (TPSA) is 104 Å². The standard InChI is InChI=1S/C33H35FN2O5/c1-22(2)32-31(35-21-41-28-11-7-4-8-12-28)30(23-9-5-3-6-10-23)33(24-13-15-25(34)16-14-24)36(32)18-17-26(37)19-27(38)20-29(39)40/h3-16,21-22,26-27,37-38H,17-20H2,1-2H3,(H,39,40)/b35-21-/t26-,27-/m1/s1. The Bertz CT molecular complexity index is 1450. The average Bonchev–Trinajstić information content (AvgIpc) is 3.27. The van der Waals surface area contributed by atoms with Crippen LogP contribution < -0.4 is 4.74 Å². The minimum atomic E-state index is -1.15. The van der Waals surface area contributed by atoms with E-state index in [-0.39, 0.29) is 24.6 Å². The third-order valence-corrected chi connectivity index (χ3v) is 6.76. The summed E-state index contributed by atoms with van der Waals surface area (Å²) in [5, 5.41) is 29.7. The number of halogens is 1. The molecule has 3 N–H and O–H groups in total. The highest BCUT2D eigenvalue weighted by Gasteiger charge is 2.27. The number of aliphatic carboxylic acids is 1. The van der Waals surface area contributed by atoms with Crippen LogP contribution in [0.25, 0.3) is 22.4 Å². The van der Waals surface area contributed by atoms with E-state index in [2.05, 4.69) is 18.4 Å². The van der Waals surface area contributed by atoms with Gasteiger partial charge in [-0.25, -0.2) is 9.38 Å². The molecule has 0 saturated heterocycles. The van der Waals surface area contributed by atoms with Crippen LogP contribution in [0.2, 0.25) is 0 Å². The highest BCUT2D eigenvalue weighted by molar-refractivity contribution is 5.93. The number of aliphatic hydroxyl groups is 2. The summed E-state index contributed by atoms with van der Waals surface area (Å²) in [5.41, 5.74) is 4.94. The molecule has 0 aliphatic heterocycles. The van der Waals surface area contributed by atoms with Gasteiger partial charge in [-0.3, -0.25) is 4.79 Å². The van der Waals surface area contributed by atoms with E-state index in [1.165, 1.54) is 18.5 Å². The Balaban J connectivity index is 1.84. The average molecular weight is 559 g/mol. The number of para-hydroxylation sites is 1. The molecule has 1 aromatic heterocycles. The molecule has 0 unspecified atom stereocenters. The molecule has 0 bridgehead atoms. The minimum Gasteiger partial charge on any atom is -0.481 e. The number of hydrogen-bond donors (Lipinski definition) is 3. The van der Waals surface area contributed by atoms with Crippen molar-refractivity contribution in [3.8, 4) is 28.1 Å². The van der Waals surface area contributed by atoms with E-state index < -0.39 is 24.6 Å². The zero-order valence-electron chi connectivity index (χ0n) is 23.2. The Labute approximate surface area is 239 Å². The van der Waals surface area contributed by atoms with Crippen LogP contribution >= 0.6 is 0 Å². The predicted octanol–water partition coefficient (Wildman–Crippen LogP) is 6.80. The van der Waals surface area contributed by atoms with Gasteiger partial charge in [0.05, 0.1) is 30.0 Å². The molecule has 214 valence electrons. The maximum Gasteiger partial charge on any atom is 0.305 e. The van der Waals surface area contributed by atoms with E-state index in [9.17, 15) is 19.4 Å². The van der Waals surface area contributed by atoms with E-state index in [4.69, 9.17) is 14.8 Å². The Hall–Kier alpha value is -4.27. The van der Waals surface area contributed by atoms with Gasteiger partial charge in [-0.15, -0.1) is 0 Å². The lowest BCUT2D eigenvalue weighted by atomic mass is 9.98. The third kappa shape index (κ3) is 7.68. The summed E-state index contributed by atoms with van der Waals surface area (Å²) in [5.74, 6) is -0.826. The van der Waals surface area contributed by atoms with Gasteiger partial charge in [-0.1, -0.05) is 62.4 Å². The van der Waals surface area contributed by atoms with Crippen molar-refractivity contribution in [3.63, 3.8) is 0 Å². The second kappa shape index (κ2) is 13.9. The molecule has 0 fully saturated rings. The molecule has 41 heavy (non-hydrogen) atoms. The van der Waals surface area contributed by atoms with E-state index in [0.29, 0.717) is 18.0 Å². The highest BCUT2D eigenvalue weighted by atomic mass is 19.1. The maximum atomic E-state index is 14.0. The number of carboxylic acids is 1. The van der Waals surface area contributed by atoms with E-state index in [0.717, 1.165) is 28.1 Å². The fourth-order valence-corrected chi connectivity index (χ4v) is 4.99. The first-order chi connectivity index (χ1) is 19.7. The lowest BCUT2D eigenvalue weighted by Gasteiger charge is -2.19. The molecule has 0 amide bonds. The fourth-order valence-electron chi connectivity index (χ4n) is 4.99. The molecule has 0 aliphatic carbocycles. The second-order valence-corrected chi connectivity index (χ2v) is 10.2. The summed E-state index contributed by atoms with van der Waals surface area (Å²) in [4.78, 5) is 15.8. The number of rotatable bonds is 13. The number of aromatic nitrogens is 1. The van der Waals surface area contributed by atoms with Gasteiger partial charge in [0.1, 0.15) is 11.6 Å². The van der Waals surface area contributed by atoms with Gasteiger partial charge in [0.15, 0.2) is 6.40 Å². The lowest BCUT2D eigenvalue weighted by molar-refractivity contribution is -0.139. The number of hydrogen-bond acceptors (Lipinski definition) is 5. The molecule has 0 aliphatic rings. The molecule has 4 aromatic rings. The molecule has 0 spiro atoms. The highest BCUT2D eigenvalue weighted by Crippen LogP contribution is 2.47. The molecule has 2 atom stereocenters. The van der Waals surface area contributed by atoms with Gasteiger partial charge < -0.3 is 24.6 Å². The molecule has 1 heterocycles. The monoisotopic (exact) mass is 558 g/mol.